The first-order valence-corrected chi connectivity index (χ1v) is 8.70. The lowest BCUT2D eigenvalue weighted by Crippen LogP contribution is -2.37. The van der Waals surface area contributed by atoms with Crippen LogP contribution in [0.25, 0.3) is 0 Å². The van der Waals surface area contributed by atoms with Crippen molar-refractivity contribution in [2.45, 2.75) is 38.5 Å². The predicted molar refractivity (Wildman–Crippen MR) is 92.0 cm³/mol. The molecular weight excluding hydrogens is 286 g/mol. The van der Waals surface area contributed by atoms with Gasteiger partial charge in [0.05, 0.1) is 5.69 Å². The Hall–Kier alpha value is -2.10. The zero-order valence-corrected chi connectivity index (χ0v) is 13.4. The molecule has 1 N–H and O–H groups in total. The summed E-state index contributed by atoms with van der Waals surface area (Å²) in [5, 5.41) is 0. The molecule has 1 aliphatic heterocycles. The summed E-state index contributed by atoms with van der Waals surface area (Å²) < 4.78 is 0. The Bertz CT molecular complexity index is 730. The third kappa shape index (κ3) is 3.03. The van der Waals surface area contributed by atoms with Crippen molar-refractivity contribution in [2.24, 2.45) is 5.92 Å². The second-order valence-electron chi connectivity index (χ2n) is 6.79. The zero-order valence-electron chi connectivity index (χ0n) is 13.4. The van der Waals surface area contributed by atoms with E-state index in [1.54, 1.807) is 0 Å². The normalized spacial score (nSPS) is 18.2. The summed E-state index contributed by atoms with van der Waals surface area (Å²) >= 11 is 0. The minimum Gasteiger partial charge on any atom is -0.342 e. The van der Waals surface area contributed by atoms with Gasteiger partial charge < -0.3 is 4.90 Å². The van der Waals surface area contributed by atoms with Crippen LogP contribution in [0.15, 0.2) is 35.1 Å². The number of nitrogens with one attached hydrogen (secondary N) is 1. The smallest absolute Gasteiger partial charge is 0.255 e. The molecule has 4 nitrogen and oxygen atoms in total. The van der Waals surface area contributed by atoms with Crippen LogP contribution in [0.2, 0.25) is 0 Å². The van der Waals surface area contributed by atoms with Crippen molar-refractivity contribution in [1.82, 2.24) is 9.97 Å². The lowest BCUT2D eigenvalue weighted by molar-refractivity contribution is 0.400. The van der Waals surface area contributed by atoms with Gasteiger partial charge in [-0.05, 0) is 50.0 Å². The number of rotatable bonds is 3. The van der Waals surface area contributed by atoms with E-state index in [4.69, 9.17) is 4.98 Å². The standard InChI is InChI=1S/C19H23N3O/c23-18-16-7-4-8-17(16)20-19(21-18)22-11-9-15(10-12-22)13-14-5-2-1-3-6-14/h1-3,5-6,15H,4,7-13H2,(H,20,21,23). The Labute approximate surface area is 136 Å². The van der Waals surface area contributed by atoms with E-state index in [9.17, 15) is 4.79 Å². The van der Waals surface area contributed by atoms with Crippen LogP contribution >= 0.6 is 0 Å². The van der Waals surface area contributed by atoms with Crippen molar-refractivity contribution < 1.29 is 0 Å². The fraction of sp³-hybridized carbons (Fsp3) is 0.474. The van der Waals surface area contributed by atoms with E-state index in [0.717, 1.165) is 74.7 Å². The molecule has 0 atom stereocenters. The summed E-state index contributed by atoms with van der Waals surface area (Å²) in [6.45, 7) is 1.97. The van der Waals surface area contributed by atoms with Crippen LogP contribution in [0, 0.1) is 5.92 Å². The maximum Gasteiger partial charge on any atom is 0.255 e. The molecule has 0 saturated carbocycles. The molecule has 0 spiro atoms. The number of H-pyrrole nitrogens is 1. The molecule has 4 heteroatoms. The number of aromatic nitrogens is 2. The first-order chi connectivity index (χ1) is 11.3. The summed E-state index contributed by atoms with van der Waals surface area (Å²) in [6, 6.07) is 10.7. The van der Waals surface area contributed by atoms with Crippen molar-refractivity contribution in [1.29, 1.82) is 0 Å². The maximum atomic E-state index is 12.2. The van der Waals surface area contributed by atoms with E-state index >= 15 is 0 Å². The molecule has 0 amide bonds. The molecule has 0 bridgehead atoms. The number of fused-ring (bicyclic) bond motifs is 1. The topological polar surface area (TPSA) is 49.0 Å². The van der Waals surface area contributed by atoms with Crippen LogP contribution in [0.4, 0.5) is 5.95 Å². The van der Waals surface area contributed by atoms with Gasteiger partial charge in [0.1, 0.15) is 0 Å². The van der Waals surface area contributed by atoms with Crippen molar-refractivity contribution in [3.8, 4) is 0 Å². The van der Waals surface area contributed by atoms with Crippen molar-refractivity contribution in [2.75, 3.05) is 18.0 Å². The first kappa shape index (κ1) is 14.5. The van der Waals surface area contributed by atoms with Crippen molar-refractivity contribution in [3.05, 3.63) is 57.5 Å². The number of benzene rings is 1. The molecule has 1 saturated heterocycles. The molecule has 120 valence electrons. The maximum absolute atomic E-state index is 12.2. The van der Waals surface area contributed by atoms with Crippen molar-refractivity contribution in [3.63, 3.8) is 0 Å². The minimum absolute atomic E-state index is 0.0777. The molecule has 1 aromatic heterocycles. The Kier molecular flexibility index (Phi) is 3.90. The van der Waals surface area contributed by atoms with Crippen LogP contribution in [0.1, 0.15) is 36.1 Å². The van der Waals surface area contributed by atoms with Gasteiger partial charge in [-0.1, -0.05) is 30.3 Å². The fourth-order valence-electron chi connectivity index (χ4n) is 3.87. The second-order valence-corrected chi connectivity index (χ2v) is 6.79. The van der Waals surface area contributed by atoms with E-state index in [1.165, 1.54) is 5.56 Å². The Morgan fingerprint density at radius 2 is 1.91 bits per heavy atom. The van der Waals surface area contributed by atoms with Gasteiger partial charge in [0.2, 0.25) is 5.95 Å². The highest BCUT2D eigenvalue weighted by Crippen LogP contribution is 2.25. The monoisotopic (exact) mass is 309 g/mol. The highest BCUT2D eigenvalue weighted by Gasteiger charge is 2.23. The van der Waals surface area contributed by atoms with Gasteiger partial charge in [0.25, 0.3) is 5.56 Å². The van der Waals surface area contributed by atoms with Gasteiger partial charge >= 0.3 is 0 Å². The summed E-state index contributed by atoms with van der Waals surface area (Å²) in [6.07, 6.45) is 6.38. The van der Waals surface area contributed by atoms with Gasteiger partial charge in [0.15, 0.2) is 0 Å². The number of aryl methyl sites for hydroxylation is 1. The number of aromatic amines is 1. The number of anilines is 1. The quantitative estimate of drug-likeness (QED) is 0.948. The molecule has 2 aromatic rings. The fourth-order valence-corrected chi connectivity index (χ4v) is 3.87. The molecule has 0 radical (unpaired) electrons. The summed E-state index contributed by atoms with van der Waals surface area (Å²) in [7, 11) is 0. The van der Waals surface area contributed by atoms with Crippen molar-refractivity contribution >= 4 is 5.95 Å². The Balaban J connectivity index is 1.42. The van der Waals surface area contributed by atoms with E-state index in [-0.39, 0.29) is 5.56 Å². The minimum atomic E-state index is 0.0777. The summed E-state index contributed by atoms with van der Waals surface area (Å²) in [5.74, 6) is 1.52. The number of hydrogen-bond donors (Lipinski definition) is 1. The number of hydrogen-bond acceptors (Lipinski definition) is 3. The van der Waals surface area contributed by atoms with Crippen LogP contribution in [-0.4, -0.2) is 23.1 Å². The van der Waals surface area contributed by atoms with Crippen LogP contribution in [0.3, 0.4) is 0 Å². The molecule has 4 rings (SSSR count). The average Bonchev–Trinajstić information content (AvgIpc) is 3.06. The van der Waals surface area contributed by atoms with E-state index in [2.05, 4.69) is 40.2 Å². The molecule has 1 aromatic carbocycles. The largest absolute Gasteiger partial charge is 0.342 e. The average molecular weight is 309 g/mol. The third-order valence-electron chi connectivity index (χ3n) is 5.21. The number of nitrogens with zero attached hydrogens (tertiary/aromatic N) is 2. The summed E-state index contributed by atoms with van der Waals surface area (Å²) in [4.78, 5) is 22.1. The van der Waals surface area contributed by atoms with Gasteiger partial charge in [-0.25, -0.2) is 4.98 Å². The molecule has 2 heterocycles. The van der Waals surface area contributed by atoms with Gasteiger partial charge in [0, 0.05) is 18.7 Å². The molecule has 1 aliphatic carbocycles. The first-order valence-electron chi connectivity index (χ1n) is 8.70. The van der Waals surface area contributed by atoms with Gasteiger partial charge in [-0.2, -0.15) is 0 Å². The molecule has 0 unspecified atom stereocenters. The SMILES string of the molecule is O=c1[nH]c(N2CCC(Cc3ccccc3)CC2)nc2c1CCC2. The van der Waals surface area contributed by atoms with E-state index in [0.29, 0.717) is 0 Å². The molecular formula is C19H23N3O. The van der Waals surface area contributed by atoms with E-state index < -0.39 is 0 Å². The molecule has 23 heavy (non-hydrogen) atoms. The Morgan fingerprint density at radius 1 is 1.13 bits per heavy atom. The lowest BCUT2D eigenvalue weighted by Gasteiger charge is -2.32. The highest BCUT2D eigenvalue weighted by atomic mass is 16.1. The van der Waals surface area contributed by atoms with Gasteiger partial charge in [-0.15, -0.1) is 0 Å². The third-order valence-corrected chi connectivity index (χ3v) is 5.21. The Morgan fingerprint density at radius 3 is 2.70 bits per heavy atom. The molecule has 2 aliphatic rings. The number of piperidine rings is 1. The predicted octanol–water partition coefficient (Wildman–Crippen LogP) is 2.72. The molecule has 1 fully saturated rings. The second kappa shape index (κ2) is 6.19. The van der Waals surface area contributed by atoms with Crippen LogP contribution in [0.5, 0.6) is 0 Å². The van der Waals surface area contributed by atoms with Crippen LogP contribution < -0.4 is 10.5 Å². The van der Waals surface area contributed by atoms with Gasteiger partial charge in [-0.3, -0.25) is 9.78 Å². The lowest BCUT2D eigenvalue weighted by atomic mass is 9.90. The van der Waals surface area contributed by atoms with Crippen LogP contribution in [-0.2, 0) is 19.3 Å². The summed E-state index contributed by atoms with van der Waals surface area (Å²) in [5.41, 5.74) is 3.44. The van der Waals surface area contributed by atoms with E-state index in [1.807, 2.05) is 0 Å². The zero-order chi connectivity index (χ0) is 15.6. The highest BCUT2D eigenvalue weighted by molar-refractivity contribution is 5.35.